The maximum atomic E-state index is 2.41. The van der Waals surface area contributed by atoms with Crippen molar-refractivity contribution in [3.05, 3.63) is 77.4 Å². The summed E-state index contributed by atoms with van der Waals surface area (Å²) >= 11 is -0.529. The Morgan fingerprint density at radius 2 is 1.71 bits per heavy atom. The normalized spacial score (nSPS) is 16.6. The van der Waals surface area contributed by atoms with Crippen molar-refractivity contribution in [3.63, 3.8) is 0 Å². The predicted molar refractivity (Wildman–Crippen MR) is 90.3 cm³/mol. The molecular formula is C21H20Cl2Zr. The van der Waals surface area contributed by atoms with E-state index in [1.54, 1.807) is 14.4 Å². The van der Waals surface area contributed by atoms with Crippen LogP contribution in [-0.4, -0.2) is 0 Å². The molecule has 2 aliphatic rings. The second kappa shape index (κ2) is 8.17. The van der Waals surface area contributed by atoms with Crippen LogP contribution in [0.15, 0.2) is 66.3 Å². The van der Waals surface area contributed by atoms with Crippen LogP contribution >= 0.6 is 0 Å². The van der Waals surface area contributed by atoms with Gasteiger partial charge in [-0.3, -0.25) is 0 Å². The van der Waals surface area contributed by atoms with Crippen LogP contribution in [0.4, 0.5) is 0 Å². The molecule has 0 N–H and O–H groups in total. The third-order valence-corrected chi connectivity index (χ3v) is 7.83. The van der Waals surface area contributed by atoms with E-state index in [0.29, 0.717) is 5.92 Å². The van der Waals surface area contributed by atoms with Crippen molar-refractivity contribution in [2.75, 3.05) is 0 Å². The van der Waals surface area contributed by atoms with Crippen molar-refractivity contribution in [2.45, 2.75) is 29.8 Å². The first kappa shape index (κ1) is 19.7. The summed E-state index contributed by atoms with van der Waals surface area (Å²) in [7, 11) is 0. The first-order valence-electron chi connectivity index (χ1n) is 8.10. The van der Waals surface area contributed by atoms with Crippen LogP contribution < -0.4 is 28.1 Å². The number of allylic oxidation sites excluding steroid dienone is 4. The average Bonchev–Trinajstić information content (AvgIpc) is 3.12. The molecule has 0 spiro atoms. The molecule has 2 aromatic carbocycles. The predicted octanol–water partition coefficient (Wildman–Crippen LogP) is -0.771. The summed E-state index contributed by atoms with van der Waals surface area (Å²) in [4.78, 5) is 0. The van der Waals surface area contributed by atoms with Crippen LogP contribution in [0.1, 0.15) is 37.3 Å². The molecule has 1 atom stereocenters. The van der Waals surface area contributed by atoms with Crippen molar-refractivity contribution >= 4 is 3.27 Å². The Labute approximate surface area is 168 Å². The second-order valence-electron chi connectivity index (χ2n) is 6.46. The van der Waals surface area contributed by atoms with Crippen molar-refractivity contribution in [3.8, 4) is 11.1 Å². The Kier molecular flexibility index (Phi) is 6.71. The maximum Gasteiger partial charge on any atom is -1.00 e. The van der Waals surface area contributed by atoms with Gasteiger partial charge in [-0.1, -0.05) is 0 Å². The monoisotopic (exact) mass is 432 g/mol. The van der Waals surface area contributed by atoms with Gasteiger partial charge in [0, 0.05) is 0 Å². The first-order chi connectivity index (χ1) is 10.8. The van der Waals surface area contributed by atoms with Crippen LogP contribution in [0.3, 0.4) is 0 Å². The van der Waals surface area contributed by atoms with Crippen LogP contribution in [-0.2, 0) is 23.2 Å². The Morgan fingerprint density at radius 3 is 2.42 bits per heavy atom. The van der Waals surface area contributed by atoms with Gasteiger partial charge in [-0.2, -0.15) is 0 Å². The van der Waals surface area contributed by atoms with Gasteiger partial charge in [-0.05, 0) is 0 Å². The fourth-order valence-electron chi connectivity index (χ4n) is 3.76. The average molecular weight is 435 g/mol. The fourth-order valence-corrected chi connectivity index (χ4v) is 6.83. The SMILES string of the molecule is C[CH](C)[Zr+2][c]1cccc2c1C(C1=CC=CC1)c1ccccc1-2.[Cl-].[Cl-]. The molecule has 0 saturated carbocycles. The van der Waals surface area contributed by atoms with E-state index in [2.05, 4.69) is 74.5 Å². The molecule has 0 heterocycles. The number of rotatable bonds is 3. The molecule has 4 rings (SSSR count). The van der Waals surface area contributed by atoms with E-state index in [0.717, 1.165) is 10.0 Å². The van der Waals surface area contributed by atoms with Gasteiger partial charge >= 0.3 is 145 Å². The number of hydrogen-bond acceptors (Lipinski definition) is 0. The molecule has 2 aliphatic carbocycles. The molecule has 0 aliphatic heterocycles. The summed E-state index contributed by atoms with van der Waals surface area (Å²) in [6.45, 7) is 4.78. The third kappa shape index (κ3) is 3.36. The minimum atomic E-state index is -0.529. The molecule has 0 bridgehead atoms. The van der Waals surface area contributed by atoms with Crippen molar-refractivity contribution in [2.24, 2.45) is 0 Å². The molecule has 0 aromatic heterocycles. The standard InChI is InChI=1S/C18H13.C3H7.2ClH.Zr/c1-2-8-13(7-1)18-16-11-5-3-9-14(16)15-10-4-6-12-17(15)18;1-3-2;;;/h1-7,9-11,18H,8H2;3H,1-2H3;2*1H;/q;;;;+2/p-2. The van der Waals surface area contributed by atoms with E-state index < -0.39 is 23.2 Å². The van der Waals surface area contributed by atoms with Gasteiger partial charge in [0.15, 0.2) is 0 Å². The molecular weight excluding hydrogens is 414 g/mol. The quantitative estimate of drug-likeness (QED) is 0.596. The van der Waals surface area contributed by atoms with Crippen LogP contribution in [0.5, 0.6) is 0 Å². The summed E-state index contributed by atoms with van der Waals surface area (Å²) in [5.41, 5.74) is 7.68. The Bertz CT molecular complexity index is 790. The van der Waals surface area contributed by atoms with Crippen molar-refractivity contribution < 1.29 is 48.0 Å². The van der Waals surface area contributed by atoms with Crippen molar-refractivity contribution in [1.82, 2.24) is 0 Å². The third-order valence-electron chi connectivity index (χ3n) is 4.57. The molecule has 2 aromatic rings. The van der Waals surface area contributed by atoms with Crippen molar-refractivity contribution in [1.29, 1.82) is 0 Å². The number of fused-ring (bicyclic) bond motifs is 3. The fraction of sp³-hybridized carbons (Fsp3) is 0.238. The van der Waals surface area contributed by atoms with Gasteiger partial charge in [-0.15, -0.1) is 0 Å². The summed E-state index contributed by atoms with van der Waals surface area (Å²) < 4.78 is 2.56. The molecule has 0 nitrogen and oxygen atoms in total. The number of benzene rings is 2. The summed E-state index contributed by atoms with van der Waals surface area (Å²) in [6.07, 6.45) is 7.97. The zero-order chi connectivity index (χ0) is 15.1. The molecule has 24 heavy (non-hydrogen) atoms. The molecule has 122 valence electrons. The van der Waals surface area contributed by atoms with Crippen LogP contribution in [0.2, 0.25) is 3.63 Å². The van der Waals surface area contributed by atoms with E-state index in [4.69, 9.17) is 0 Å². The smallest absolute Gasteiger partial charge is 1.00 e. The Hall–Kier alpha value is -0.617. The van der Waals surface area contributed by atoms with Crippen LogP contribution in [0.25, 0.3) is 11.1 Å². The topological polar surface area (TPSA) is 0 Å². The summed E-state index contributed by atoms with van der Waals surface area (Å²) in [6, 6.07) is 16.0. The minimum Gasteiger partial charge on any atom is -1.00 e. The van der Waals surface area contributed by atoms with Gasteiger partial charge in [-0.25, -0.2) is 0 Å². The largest absolute Gasteiger partial charge is 1.00 e. The van der Waals surface area contributed by atoms with Gasteiger partial charge in [0.1, 0.15) is 0 Å². The Balaban J connectivity index is 0.00000104. The zero-order valence-corrected chi connectivity index (χ0v) is 17.9. The maximum absolute atomic E-state index is 2.41. The van der Waals surface area contributed by atoms with E-state index in [9.17, 15) is 0 Å². The Morgan fingerprint density at radius 1 is 0.958 bits per heavy atom. The molecule has 3 heteroatoms. The van der Waals surface area contributed by atoms with Gasteiger partial charge in [0.2, 0.25) is 0 Å². The summed E-state index contributed by atoms with van der Waals surface area (Å²) in [5.74, 6) is 0.497. The number of halogens is 2. The van der Waals surface area contributed by atoms with E-state index >= 15 is 0 Å². The van der Waals surface area contributed by atoms with E-state index in [1.165, 1.54) is 16.7 Å². The summed E-state index contributed by atoms with van der Waals surface area (Å²) in [5, 5.41) is 0. The van der Waals surface area contributed by atoms with E-state index in [1.807, 2.05) is 0 Å². The minimum absolute atomic E-state index is 0. The first-order valence-corrected chi connectivity index (χ1v) is 10.7. The van der Waals surface area contributed by atoms with E-state index in [-0.39, 0.29) is 24.8 Å². The van der Waals surface area contributed by atoms with Gasteiger partial charge in [0.05, 0.1) is 0 Å². The number of hydrogen-bond donors (Lipinski definition) is 0. The zero-order valence-electron chi connectivity index (χ0n) is 13.9. The van der Waals surface area contributed by atoms with Gasteiger partial charge in [0.25, 0.3) is 0 Å². The van der Waals surface area contributed by atoms with Gasteiger partial charge < -0.3 is 24.8 Å². The van der Waals surface area contributed by atoms with Crippen LogP contribution in [0, 0.1) is 0 Å². The molecule has 1 unspecified atom stereocenters. The molecule has 0 radical (unpaired) electrons. The molecule has 0 saturated heterocycles. The second-order valence-corrected chi connectivity index (χ2v) is 11.3. The molecule has 0 amide bonds. The molecule has 0 fully saturated rings.